The molecule has 0 aliphatic carbocycles. The normalized spacial score (nSPS) is 22.2. The smallest absolute Gasteiger partial charge is 0.320 e. The lowest BCUT2D eigenvalue weighted by Crippen LogP contribution is -2.56. The Morgan fingerprint density at radius 2 is 1.72 bits per heavy atom. The number of para-hydroxylation sites is 1. The molecule has 3 aromatic rings. The Kier molecular flexibility index (Phi) is 4.74. The number of pyridine rings is 1. The third-order valence-corrected chi connectivity index (χ3v) is 6.60. The van der Waals surface area contributed by atoms with Crippen molar-refractivity contribution in [3.05, 3.63) is 76.1 Å². The number of carbonyl (C=O) groups is 1. The second kappa shape index (κ2) is 7.38. The van der Waals surface area contributed by atoms with Crippen molar-refractivity contribution in [2.45, 2.75) is 38.1 Å². The molecule has 3 heterocycles. The number of amides is 2. The van der Waals surface area contributed by atoms with Crippen molar-refractivity contribution in [2.24, 2.45) is 0 Å². The molecule has 166 valence electrons. The maximum atomic E-state index is 14.0. The van der Waals surface area contributed by atoms with Crippen LogP contribution in [0.25, 0.3) is 10.9 Å². The Morgan fingerprint density at radius 3 is 2.41 bits per heavy atom. The molecule has 1 aromatic heterocycles. The van der Waals surface area contributed by atoms with Gasteiger partial charge in [0.15, 0.2) is 0 Å². The third kappa shape index (κ3) is 3.07. The molecule has 2 amide bonds. The van der Waals surface area contributed by atoms with Crippen molar-refractivity contribution in [1.82, 2.24) is 14.4 Å². The summed E-state index contributed by atoms with van der Waals surface area (Å²) >= 11 is 0. The molecule has 7 heteroatoms. The highest BCUT2D eigenvalue weighted by molar-refractivity contribution is 5.88. The Labute approximate surface area is 186 Å². The van der Waals surface area contributed by atoms with E-state index in [0.29, 0.717) is 30.9 Å². The number of carbonyl (C=O) groups excluding carboxylic acids is 1. The van der Waals surface area contributed by atoms with E-state index in [1.54, 1.807) is 35.3 Å². The third-order valence-electron chi connectivity index (χ3n) is 6.60. The summed E-state index contributed by atoms with van der Waals surface area (Å²) in [6.45, 7) is 4.96. The zero-order valence-corrected chi connectivity index (χ0v) is 18.5. The number of fused-ring (bicyclic) bond motifs is 3. The maximum absolute atomic E-state index is 14.0. The van der Waals surface area contributed by atoms with Crippen molar-refractivity contribution in [2.75, 3.05) is 20.1 Å². The largest absolute Gasteiger partial charge is 0.484 e. The van der Waals surface area contributed by atoms with E-state index in [1.165, 1.54) is 0 Å². The van der Waals surface area contributed by atoms with Gasteiger partial charge >= 0.3 is 6.03 Å². The number of benzene rings is 2. The van der Waals surface area contributed by atoms with Crippen molar-refractivity contribution in [3.63, 3.8) is 0 Å². The molecule has 2 aliphatic heterocycles. The van der Waals surface area contributed by atoms with Crippen LogP contribution in [0.1, 0.15) is 31.0 Å². The van der Waals surface area contributed by atoms with E-state index in [4.69, 9.17) is 4.74 Å². The first-order valence-electron chi connectivity index (χ1n) is 10.9. The Balaban J connectivity index is 1.79. The van der Waals surface area contributed by atoms with Gasteiger partial charge < -0.3 is 24.2 Å². The van der Waals surface area contributed by atoms with E-state index < -0.39 is 17.7 Å². The molecule has 7 nitrogen and oxygen atoms in total. The zero-order valence-electron chi connectivity index (χ0n) is 18.5. The second-order valence-electron chi connectivity index (χ2n) is 9.13. The van der Waals surface area contributed by atoms with Crippen LogP contribution in [0.4, 0.5) is 4.79 Å². The van der Waals surface area contributed by atoms with Gasteiger partial charge in [-0.15, -0.1) is 0 Å². The Morgan fingerprint density at radius 1 is 1.03 bits per heavy atom. The minimum Gasteiger partial charge on any atom is -0.484 e. The van der Waals surface area contributed by atoms with Gasteiger partial charge in [0.2, 0.25) is 0 Å². The first kappa shape index (κ1) is 20.6. The summed E-state index contributed by atoms with van der Waals surface area (Å²) in [6.07, 6.45) is -1.05. The van der Waals surface area contributed by atoms with E-state index in [1.807, 2.05) is 54.6 Å². The predicted octanol–water partition coefficient (Wildman–Crippen LogP) is 2.99. The van der Waals surface area contributed by atoms with Gasteiger partial charge in [-0.1, -0.05) is 42.5 Å². The lowest BCUT2D eigenvalue weighted by molar-refractivity contribution is -0.0823. The van der Waals surface area contributed by atoms with E-state index in [9.17, 15) is 14.7 Å². The van der Waals surface area contributed by atoms with Gasteiger partial charge in [0.25, 0.3) is 5.56 Å². The summed E-state index contributed by atoms with van der Waals surface area (Å²) < 4.78 is 7.99. The van der Waals surface area contributed by atoms with E-state index in [0.717, 1.165) is 16.5 Å². The van der Waals surface area contributed by atoms with Crippen LogP contribution in [-0.4, -0.2) is 57.3 Å². The predicted molar refractivity (Wildman–Crippen MR) is 122 cm³/mol. The minimum atomic E-state index is -1.05. The first-order valence-corrected chi connectivity index (χ1v) is 10.9. The van der Waals surface area contributed by atoms with Crippen molar-refractivity contribution < 1.29 is 14.6 Å². The summed E-state index contributed by atoms with van der Waals surface area (Å²) in [5.74, 6) is 0.456. The number of aromatic nitrogens is 1. The number of aliphatic hydroxyl groups excluding tert-OH is 1. The van der Waals surface area contributed by atoms with Gasteiger partial charge in [0.1, 0.15) is 17.5 Å². The molecule has 2 atom stereocenters. The van der Waals surface area contributed by atoms with Crippen LogP contribution < -0.4 is 10.3 Å². The molecule has 1 N–H and O–H groups in total. The molecule has 5 rings (SSSR count). The molecule has 2 aliphatic rings. The van der Waals surface area contributed by atoms with Crippen molar-refractivity contribution in [3.8, 4) is 5.75 Å². The molecule has 1 fully saturated rings. The van der Waals surface area contributed by atoms with E-state index >= 15 is 0 Å². The second-order valence-corrected chi connectivity index (χ2v) is 9.13. The Hall–Kier alpha value is -3.32. The molecular weight excluding hydrogens is 406 g/mol. The van der Waals surface area contributed by atoms with E-state index in [2.05, 4.69) is 0 Å². The van der Waals surface area contributed by atoms with Crippen LogP contribution in [-0.2, 0) is 6.54 Å². The van der Waals surface area contributed by atoms with Gasteiger partial charge in [-0.2, -0.15) is 0 Å². The number of hydrogen-bond donors (Lipinski definition) is 1. The highest BCUT2D eigenvalue weighted by atomic mass is 16.5. The van der Waals surface area contributed by atoms with Crippen LogP contribution in [0, 0.1) is 0 Å². The molecule has 0 bridgehead atoms. The SMILES string of the molecule is CN1CCN([C@H]2c3c(c4ccccc4n(Cc4ccccc4)c3=O)OC(C)(C)[C@@H]2O)C1=O. The number of hydrogen-bond acceptors (Lipinski definition) is 4. The Bertz CT molecular complexity index is 1250. The quantitative estimate of drug-likeness (QED) is 0.689. The number of likely N-dealkylation sites (N-methyl/N-ethyl adjacent to an activating group) is 1. The average molecular weight is 434 g/mol. The van der Waals surface area contributed by atoms with Gasteiger partial charge in [0.05, 0.1) is 23.7 Å². The van der Waals surface area contributed by atoms with Crippen LogP contribution in [0.15, 0.2) is 59.4 Å². The van der Waals surface area contributed by atoms with Gasteiger partial charge in [0, 0.05) is 25.5 Å². The summed E-state index contributed by atoms with van der Waals surface area (Å²) in [5.41, 5.74) is 0.876. The van der Waals surface area contributed by atoms with Crippen LogP contribution in [0.3, 0.4) is 0 Å². The maximum Gasteiger partial charge on any atom is 0.320 e. The summed E-state index contributed by atoms with van der Waals surface area (Å²) in [7, 11) is 1.73. The number of aliphatic hydroxyl groups is 1. The summed E-state index contributed by atoms with van der Waals surface area (Å²) in [4.78, 5) is 30.1. The standard InChI is InChI=1S/C25H27N3O4/c1-25(2)22(29)20(27-14-13-26(3)24(27)31)19-21(32-25)17-11-7-8-12-18(17)28(23(19)30)15-16-9-5-4-6-10-16/h4-12,20,22,29H,13-15H2,1-3H3/t20-,22+/m0/s1. The molecule has 0 saturated carbocycles. The van der Waals surface area contributed by atoms with Gasteiger partial charge in [-0.05, 0) is 31.5 Å². The monoisotopic (exact) mass is 433 g/mol. The van der Waals surface area contributed by atoms with Gasteiger partial charge in [-0.3, -0.25) is 4.79 Å². The van der Waals surface area contributed by atoms with Gasteiger partial charge in [-0.25, -0.2) is 4.79 Å². The van der Waals surface area contributed by atoms with Crippen LogP contribution in [0.2, 0.25) is 0 Å². The number of nitrogens with zero attached hydrogens (tertiary/aromatic N) is 3. The highest BCUT2D eigenvalue weighted by Crippen LogP contribution is 2.45. The number of rotatable bonds is 3. The molecular formula is C25H27N3O4. The summed E-state index contributed by atoms with van der Waals surface area (Å²) in [6, 6.07) is 16.4. The van der Waals surface area contributed by atoms with Crippen LogP contribution in [0.5, 0.6) is 5.75 Å². The molecule has 1 saturated heterocycles. The fourth-order valence-corrected chi connectivity index (χ4v) is 4.81. The average Bonchev–Trinajstić information content (AvgIpc) is 3.11. The van der Waals surface area contributed by atoms with Crippen molar-refractivity contribution in [1.29, 1.82) is 0 Å². The molecule has 0 spiro atoms. The van der Waals surface area contributed by atoms with Crippen LogP contribution >= 0.6 is 0 Å². The topological polar surface area (TPSA) is 75.0 Å². The molecule has 32 heavy (non-hydrogen) atoms. The van der Waals surface area contributed by atoms with Crippen molar-refractivity contribution >= 4 is 16.9 Å². The highest BCUT2D eigenvalue weighted by Gasteiger charge is 2.50. The molecule has 0 unspecified atom stereocenters. The zero-order chi connectivity index (χ0) is 22.6. The number of urea groups is 1. The number of ether oxygens (including phenoxy) is 1. The lowest BCUT2D eigenvalue weighted by Gasteiger charge is -2.45. The van der Waals surface area contributed by atoms with E-state index in [-0.39, 0.29) is 11.6 Å². The molecule has 2 aromatic carbocycles. The lowest BCUT2D eigenvalue weighted by atomic mass is 9.85. The summed E-state index contributed by atoms with van der Waals surface area (Å²) in [5, 5.41) is 12.1. The molecule has 0 radical (unpaired) electrons. The first-order chi connectivity index (χ1) is 15.3. The fourth-order valence-electron chi connectivity index (χ4n) is 4.81. The minimum absolute atomic E-state index is 0.195. The fraction of sp³-hybridized carbons (Fsp3) is 0.360.